The Morgan fingerprint density at radius 1 is 1.28 bits per heavy atom. The molecule has 0 aliphatic rings. The van der Waals surface area contributed by atoms with E-state index in [0.717, 1.165) is 12.3 Å². The zero-order valence-electron chi connectivity index (χ0n) is 12.6. The van der Waals surface area contributed by atoms with Crippen molar-refractivity contribution < 1.29 is 27.1 Å². The van der Waals surface area contributed by atoms with Gasteiger partial charge in [0.1, 0.15) is 5.69 Å². The van der Waals surface area contributed by atoms with Crippen molar-refractivity contribution in [3.63, 3.8) is 0 Å². The van der Waals surface area contributed by atoms with Crippen LogP contribution in [-0.4, -0.2) is 27.8 Å². The van der Waals surface area contributed by atoms with Crippen LogP contribution in [0, 0.1) is 0 Å². The molecule has 0 aliphatic heterocycles. The average Bonchev–Trinajstić information content (AvgIpc) is 3.22. The SMILES string of the molecule is COC(=O)c1ccc(-n2nc(-c3ccco3)cc2C(F)(F)F)nc1.Cl. The minimum absolute atomic E-state index is 0. The van der Waals surface area contributed by atoms with E-state index in [1.807, 2.05) is 0 Å². The molecule has 0 fully saturated rings. The van der Waals surface area contributed by atoms with Crippen molar-refractivity contribution >= 4 is 18.4 Å². The van der Waals surface area contributed by atoms with Gasteiger partial charge in [0.15, 0.2) is 17.3 Å². The summed E-state index contributed by atoms with van der Waals surface area (Å²) in [7, 11) is 1.20. The first-order chi connectivity index (χ1) is 11.4. The molecule has 0 spiro atoms. The zero-order valence-corrected chi connectivity index (χ0v) is 13.5. The van der Waals surface area contributed by atoms with Crippen molar-refractivity contribution in [3.05, 3.63) is 54.0 Å². The summed E-state index contributed by atoms with van der Waals surface area (Å²) >= 11 is 0. The first-order valence-electron chi connectivity index (χ1n) is 6.66. The molecule has 0 unspecified atom stereocenters. The van der Waals surface area contributed by atoms with Crippen LogP contribution >= 0.6 is 12.4 Å². The summed E-state index contributed by atoms with van der Waals surface area (Å²) in [5, 5.41) is 3.91. The molecule has 0 saturated heterocycles. The van der Waals surface area contributed by atoms with Gasteiger partial charge in [-0.05, 0) is 24.3 Å². The second-order valence-corrected chi connectivity index (χ2v) is 4.70. The lowest BCUT2D eigenvalue weighted by atomic mass is 10.3. The number of esters is 1. The summed E-state index contributed by atoms with van der Waals surface area (Å²) in [6, 6.07) is 6.48. The van der Waals surface area contributed by atoms with Crippen LogP contribution in [0.2, 0.25) is 0 Å². The van der Waals surface area contributed by atoms with Crippen molar-refractivity contribution in [2.45, 2.75) is 6.18 Å². The molecular formula is C15H11ClF3N3O3. The number of pyridine rings is 1. The Kier molecular flexibility index (Phi) is 5.17. The molecule has 3 aromatic heterocycles. The van der Waals surface area contributed by atoms with Crippen LogP contribution in [0.5, 0.6) is 0 Å². The summed E-state index contributed by atoms with van der Waals surface area (Å²) in [4.78, 5) is 15.2. The quantitative estimate of drug-likeness (QED) is 0.654. The van der Waals surface area contributed by atoms with Crippen LogP contribution in [-0.2, 0) is 10.9 Å². The Balaban J connectivity index is 0.00000225. The molecule has 3 rings (SSSR count). The molecular weight excluding hydrogens is 363 g/mol. The Bertz CT molecular complexity index is 859. The molecule has 132 valence electrons. The number of carbonyl (C=O) groups excluding carboxylic acids is 1. The van der Waals surface area contributed by atoms with Crippen LogP contribution in [0.3, 0.4) is 0 Å². The fourth-order valence-electron chi connectivity index (χ4n) is 2.05. The molecule has 25 heavy (non-hydrogen) atoms. The number of carbonyl (C=O) groups is 1. The molecule has 0 aliphatic carbocycles. The Morgan fingerprint density at radius 2 is 2.04 bits per heavy atom. The lowest BCUT2D eigenvalue weighted by Crippen LogP contribution is -2.14. The van der Waals surface area contributed by atoms with Gasteiger partial charge in [0.25, 0.3) is 0 Å². The van der Waals surface area contributed by atoms with Gasteiger partial charge in [0.2, 0.25) is 0 Å². The second-order valence-electron chi connectivity index (χ2n) is 4.70. The fraction of sp³-hybridized carbons (Fsp3) is 0.133. The summed E-state index contributed by atoms with van der Waals surface area (Å²) in [6.07, 6.45) is -2.18. The van der Waals surface area contributed by atoms with E-state index in [1.54, 1.807) is 6.07 Å². The monoisotopic (exact) mass is 373 g/mol. The number of alkyl halides is 3. The molecule has 3 aromatic rings. The third-order valence-corrected chi connectivity index (χ3v) is 3.16. The predicted octanol–water partition coefficient (Wildman–Crippen LogP) is 3.75. The van der Waals surface area contributed by atoms with Crippen LogP contribution in [0.4, 0.5) is 13.2 Å². The van der Waals surface area contributed by atoms with Gasteiger partial charge in [-0.1, -0.05) is 0 Å². The Labute approximate surface area is 145 Å². The van der Waals surface area contributed by atoms with E-state index in [1.165, 1.54) is 31.6 Å². The molecule has 0 saturated carbocycles. The van der Waals surface area contributed by atoms with Gasteiger partial charge >= 0.3 is 12.1 Å². The summed E-state index contributed by atoms with van der Waals surface area (Å²) < 4.78 is 50.0. The highest BCUT2D eigenvalue weighted by molar-refractivity contribution is 5.88. The van der Waals surface area contributed by atoms with Crippen LogP contribution in [0.1, 0.15) is 16.1 Å². The van der Waals surface area contributed by atoms with Crippen LogP contribution in [0.25, 0.3) is 17.3 Å². The van der Waals surface area contributed by atoms with Gasteiger partial charge in [-0.3, -0.25) is 0 Å². The van der Waals surface area contributed by atoms with E-state index in [9.17, 15) is 18.0 Å². The van der Waals surface area contributed by atoms with Crippen LogP contribution < -0.4 is 0 Å². The average molecular weight is 374 g/mol. The molecule has 0 bridgehead atoms. The normalized spacial score (nSPS) is 11.0. The number of hydrogen-bond donors (Lipinski definition) is 0. The largest absolute Gasteiger partial charge is 0.465 e. The number of rotatable bonds is 3. The van der Waals surface area contributed by atoms with E-state index in [0.29, 0.717) is 4.68 Å². The van der Waals surface area contributed by atoms with E-state index >= 15 is 0 Å². The third-order valence-electron chi connectivity index (χ3n) is 3.16. The zero-order chi connectivity index (χ0) is 17.3. The number of aromatic nitrogens is 3. The highest BCUT2D eigenvalue weighted by Gasteiger charge is 2.37. The predicted molar refractivity (Wildman–Crippen MR) is 82.7 cm³/mol. The van der Waals surface area contributed by atoms with E-state index in [4.69, 9.17) is 4.42 Å². The van der Waals surface area contributed by atoms with Crippen molar-refractivity contribution in [1.29, 1.82) is 0 Å². The highest BCUT2D eigenvalue weighted by Crippen LogP contribution is 2.33. The molecule has 0 radical (unpaired) electrons. The maximum Gasteiger partial charge on any atom is 0.433 e. The van der Waals surface area contributed by atoms with E-state index in [-0.39, 0.29) is 35.2 Å². The highest BCUT2D eigenvalue weighted by atomic mass is 35.5. The van der Waals surface area contributed by atoms with Crippen molar-refractivity contribution in [2.75, 3.05) is 7.11 Å². The molecule has 10 heteroatoms. The minimum atomic E-state index is -4.64. The van der Waals surface area contributed by atoms with Crippen LogP contribution in [0.15, 0.2) is 47.2 Å². The molecule has 0 amide bonds. The standard InChI is InChI=1S/C15H10F3N3O3.ClH/c1-23-14(22)9-4-5-13(19-8-9)21-12(15(16,17)18)7-10(20-21)11-3-2-6-24-11;/h2-8H,1H3;1H. The molecule has 3 heterocycles. The maximum absolute atomic E-state index is 13.3. The first-order valence-corrected chi connectivity index (χ1v) is 6.66. The third kappa shape index (κ3) is 3.66. The number of nitrogens with zero attached hydrogens (tertiary/aromatic N) is 3. The fourth-order valence-corrected chi connectivity index (χ4v) is 2.05. The lowest BCUT2D eigenvalue weighted by molar-refractivity contribution is -0.142. The van der Waals surface area contributed by atoms with Gasteiger partial charge in [-0.25, -0.2) is 14.5 Å². The van der Waals surface area contributed by atoms with Crippen molar-refractivity contribution in [2.24, 2.45) is 0 Å². The van der Waals surface area contributed by atoms with E-state index < -0.39 is 17.8 Å². The number of hydrogen-bond acceptors (Lipinski definition) is 5. The van der Waals surface area contributed by atoms with Gasteiger partial charge in [-0.2, -0.15) is 18.3 Å². The molecule has 0 aromatic carbocycles. The number of ether oxygens (including phenoxy) is 1. The second kappa shape index (κ2) is 6.98. The molecule has 0 N–H and O–H groups in total. The molecule has 0 atom stereocenters. The lowest BCUT2D eigenvalue weighted by Gasteiger charge is -2.09. The Hall–Kier alpha value is -2.81. The minimum Gasteiger partial charge on any atom is -0.465 e. The number of methoxy groups -OCH3 is 1. The van der Waals surface area contributed by atoms with Gasteiger partial charge < -0.3 is 9.15 Å². The maximum atomic E-state index is 13.3. The van der Waals surface area contributed by atoms with Gasteiger partial charge in [0.05, 0.1) is 18.9 Å². The number of halogens is 4. The van der Waals surface area contributed by atoms with Gasteiger partial charge in [-0.15, -0.1) is 12.4 Å². The summed E-state index contributed by atoms with van der Waals surface area (Å²) in [6.45, 7) is 0. The summed E-state index contributed by atoms with van der Waals surface area (Å²) in [5.41, 5.74) is -0.869. The Morgan fingerprint density at radius 3 is 2.56 bits per heavy atom. The smallest absolute Gasteiger partial charge is 0.433 e. The van der Waals surface area contributed by atoms with Crippen molar-refractivity contribution in [3.8, 4) is 17.3 Å². The molecule has 6 nitrogen and oxygen atoms in total. The van der Waals surface area contributed by atoms with Gasteiger partial charge in [0, 0.05) is 12.3 Å². The van der Waals surface area contributed by atoms with Crippen molar-refractivity contribution in [1.82, 2.24) is 14.8 Å². The topological polar surface area (TPSA) is 70.2 Å². The van der Waals surface area contributed by atoms with E-state index in [2.05, 4.69) is 14.8 Å². The number of furan rings is 1. The first kappa shape index (κ1) is 18.5. The summed E-state index contributed by atoms with van der Waals surface area (Å²) in [5.74, 6) is -0.528.